The van der Waals surface area contributed by atoms with E-state index in [1.54, 1.807) is 55.6 Å². The van der Waals surface area contributed by atoms with Crippen LogP contribution < -0.4 is 4.74 Å². The number of rotatable bonds is 7. The fourth-order valence-corrected chi connectivity index (χ4v) is 2.14. The summed E-state index contributed by atoms with van der Waals surface area (Å²) in [7, 11) is 0. The Hall–Kier alpha value is -2.86. The van der Waals surface area contributed by atoms with Crippen molar-refractivity contribution in [1.82, 2.24) is 0 Å². The number of ether oxygens (including phenoxy) is 2. The SMILES string of the molecule is CCOC(=O)c1ccc(N=Cc2ccc(OCC(=O)O)c(Cl)c2)cc1. The van der Waals surface area contributed by atoms with E-state index in [2.05, 4.69) is 4.99 Å². The molecule has 0 aliphatic carbocycles. The molecule has 25 heavy (non-hydrogen) atoms. The van der Waals surface area contributed by atoms with E-state index in [1.165, 1.54) is 0 Å². The summed E-state index contributed by atoms with van der Waals surface area (Å²) >= 11 is 6.05. The van der Waals surface area contributed by atoms with Crippen molar-refractivity contribution in [3.63, 3.8) is 0 Å². The second-order valence-electron chi connectivity index (χ2n) is 4.90. The molecule has 2 aromatic carbocycles. The lowest BCUT2D eigenvalue weighted by molar-refractivity contribution is -0.139. The van der Waals surface area contributed by atoms with Gasteiger partial charge in [-0.25, -0.2) is 9.59 Å². The minimum absolute atomic E-state index is 0.292. The van der Waals surface area contributed by atoms with E-state index in [4.69, 9.17) is 26.2 Å². The van der Waals surface area contributed by atoms with Gasteiger partial charge in [0.05, 0.1) is 22.9 Å². The quantitative estimate of drug-likeness (QED) is 0.600. The van der Waals surface area contributed by atoms with Crippen LogP contribution in [0.5, 0.6) is 5.75 Å². The van der Waals surface area contributed by atoms with Crippen LogP contribution in [0.15, 0.2) is 47.5 Å². The van der Waals surface area contributed by atoms with E-state index in [-0.39, 0.29) is 5.97 Å². The number of esters is 1. The number of carbonyl (C=O) groups is 2. The monoisotopic (exact) mass is 361 g/mol. The van der Waals surface area contributed by atoms with Gasteiger partial charge in [-0.3, -0.25) is 4.99 Å². The summed E-state index contributed by atoms with van der Waals surface area (Å²) in [5.41, 5.74) is 1.85. The highest BCUT2D eigenvalue weighted by atomic mass is 35.5. The highest BCUT2D eigenvalue weighted by Gasteiger charge is 2.06. The number of aliphatic imine (C=N–C) groups is 1. The number of carbonyl (C=O) groups excluding carboxylic acids is 1. The summed E-state index contributed by atoms with van der Waals surface area (Å²) < 4.78 is 9.97. The van der Waals surface area contributed by atoms with E-state index >= 15 is 0 Å². The smallest absolute Gasteiger partial charge is 0.341 e. The van der Waals surface area contributed by atoms with Crippen LogP contribution in [0.3, 0.4) is 0 Å². The Morgan fingerprint density at radius 1 is 1.20 bits per heavy atom. The van der Waals surface area contributed by atoms with Crippen LogP contribution in [0, 0.1) is 0 Å². The Labute approximate surface area is 149 Å². The first-order valence-corrected chi connectivity index (χ1v) is 7.82. The Morgan fingerprint density at radius 2 is 1.92 bits per heavy atom. The molecule has 130 valence electrons. The third-order valence-electron chi connectivity index (χ3n) is 3.05. The Balaban J connectivity index is 2.05. The summed E-state index contributed by atoms with van der Waals surface area (Å²) in [6.45, 7) is 1.62. The molecule has 0 aromatic heterocycles. The van der Waals surface area contributed by atoms with Crippen molar-refractivity contribution in [2.24, 2.45) is 4.99 Å². The number of aliphatic carboxylic acids is 1. The van der Waals surface area contributed by atoms with Crippen molar-refractivity contribution in [1.29, 1.82) is 0 Å². The Bertz CT molecular complexity index is 787. The van der Waals surface area contributed by atoms with Gasteiger partial charge in [0, 0.05) is 6.21 Å². The van der Waals surface area contributed by atoms with Gasteiger partial charge < -0.3 is 14.6 Å². The molecule has 1 N–H and O–H groups in total. The second kappa shape index (κ2) is 8.84. The molecule has 0 amide bonds. The Kier molecular flexibility index (Phi) is 6.54. The molecule has 2 rings (SSSR count). The van der Waals surface area contributed by atoms with Gasteiger partial charge in [-0.1, -0.05) is 11.6 Å². The minimum Gasteiger partial charge on any atom is -0.480 e. The summed E-state index contributed by atoms with van der Waals surface area (Å²) in [4.78, 5) is 26.4. The first-order chi connectivity index (χ1) is 12.0. The van der Waals surface area contributed by atoms with Crippen LogP contribution in [-0.4, -0.2) is 36.5 Å². The van der Waals surface area contributed by atoms with Gasteiger partial charge >= 0.3 is 11.9 Å². The van der Waals surface area contributed by atoms with Gasteiger partial charge in [-0.2, -0.15) is 0 Å². The molecule has 0 radical (unpaired) electrons. The molecule has 0 spiro atoms. The van der Waals surface area contributed by atoms with E-state index in [9.17, 15) is 9.59 Å². The third kappa shape index (κ3) is 5.61. The maximum absolute atomic E-state index is 11.6. The van der Waals surface area contributed by atoms with Crippen molar-refractivity contribution in [2.75, 3.05) is 13.2 Å². The molecule has 0 atom stereocenters. The highest BCUT2D eigenvalue weighted by Crippen LogP contribution is 2.25. The molecule has 2 aromatic rings. The zero-order chi connectivity index (χ0) is 18.2. The molecule has 6 nitrogen and oxygen atoms in total. The van der Waals surface area contributed by atoms with Gasteiger partial charge in [0.15, 0.2) is 6.61 Å². The molecular formula is C18H16ClNO5. The van der Waals surface area contributed by atoms with Crippen LogP contribution in [0.1, 0.15) is 22.8 Å². The number of halogens is 1. The fourth-order valence-electron chi connectivity index (χ4n) is 1.90. The molecule has 0 fully saturated rings. The highest BCUT2D eigenvalue weighted by molar-refractivity contribution is 6.32. The maximum atomic E-state index is 11.6. The number of hydrogen-bond donors (Lipinski definition) is 1. The molecule has 0 bridgehead atoms. The summed E-state index contributed by atoms with van der Waals surface area (Å²) in [6.07, 6.45) is 1.60. The number of hydrogen-bond acceptors (Lipinski definition) is 5. The molecule has 0 saturated carbocycles. The van der Waals surface area contributed by atoms with Crippen LogP contribution in [0.25, 0.3) is 0 Å². The molecule has 7 heteroatoms. The maximum Gasteiger partial charge on any atom is 0.341 e. The zero-order valence-corrected chi connectivity index (χ0v) is 14.2. The number of nitrogens with zero attached hydrogens (tertiary/aromatic N) is 1. The van der Waals surface area contributed by atoms with Crippen molar-refractivity contribution < 1.29 is 24.2 Å². The Morgan fingerprint density at radius 3 is 2.52 bits per heavy atom. The van der Waals surface area contributed by atoms with E-state index in [0.717, 1.165) is 5.56 Å². The topological polar surface area (TPSA) is 85.2 Å². The molecule has 0 aliphatic rings. The second-order valence-corrected chi connectivity index (χ2v) is 5.31. The predicted octanol–water partition coefficient (Wildman–Crippen LogP) is 3.73. The molecule has 0 heterocycles. The minimum atomic E-state index is -1.08. The van der Waals surface area contributed by atoms with Gasteiger partial charge in [0.2, 0.25) is 0 Å². The van der Waals surface area contributed by atoms with Crippen molar-refractivity contribution in [2.45, 2.75) is 6.92 Å². The number of carboxylic acids is 1. The average molecular weight is 362 g/mol. The molecule has 0 saturated heterocycles. The lowest BCUT2D eigenvalue weighted by Gasteiger charge is -2.06. The number of carboxylic acid groups (broad SMARTS) is 1. The standard InChI is InChI=1S/C18H16ClNO5/c1-2-24-18(23)13-4-6-14(7-5-13)20-10-12-3-8-16(15(19)9-12)25-11-17(21)22/h3-10H,2,11H2,1H3,(H,21,22). The lowest BCUT2D eigenvalue weighted by atomic mass is 10.2. The van der Waals surface area contributed by atoms with Crippen LogP contribution >= 0.6 is 11.6 Å². The largest absolute Gasteiger partial charge is 0.480 e. The van der Waals surface area contributed by atoms with Gasteiger partial charge in [-0.05, 0) is 55.0 Å². The van der Waals surface area contributed by atoms with Crippen LogP contribution in [0.2, 0.25) is 5.02 Å². The summed E-state index contributed by atoms with van der Waals surface area (Å²) in [5.74, 6) is -1.16. The zero-order valence-electron chi connectivity index (χ0n) is 13.4. The predicted molar refractivity (Wildman–Crippen MR) is 94.2 cm³/mol. The van der Waals surface area contributed by atoms with E-state index in [0.29, 0.717) is 28.6 Å². The van der Waals surface area contributed by atoms with Gasteiger partial charge in [-0.15, -0.1) is 0 Å². The van der Waals surface area contributed by atoms with Crippen LogP contribution in [0.4, 0.5) is 5.69 Å². The van der Waals surface area contributed by atoms with E-state index in [1.807, 2.05) is 0 Å². The molecule has 0 unspecified atom stereocenters. The molecule has 0 aliphatic heterocycles. The average Bonchev–Trinajstić information content (AvgIpc) is 2.59. The van der Waals surface area contributed by atoms with Gasteiger partial charge in [0.25, 0.3) is 0 Å². The van der Waals surface area contributed by atoms with Crippen LogP contribution in [-0.2, 0) is 9.53 Å². The third-order valence-corrected chi connectivity index (χ3v) is 3.34. The lowest BCUT2D eigenvalue weighted by Crippen LogP contribution is -2.09. The van der Waals surface area contributed by atoms with Gasteiger partial charge in [0.1, 0.15) is 5.75 Å². The normalized spacial score (nSPS) is 10.6. The summed E-state index contributed by atoms with van der Waals surface area (Å²) in [5, 5.41) is 8.89. The first kappa shape index (κ1) is 18.5. The molecular weight excluding hydrogens is 346 g/mol. The first-order valence-electron chi connectivity index (χ1n) is 7.45. The number of benzene rings is 2. The van der Waals surface area contributed by atoms with Crippen molar-refractivity contribution in [3.05, 3.63) is 58.6 Å². The van der Waals surface area contributed by atoms with Crippen molar-refractivity contribution >= 4 is 35.4 Å². The van der Waals surface area contributed by atoms with Crippen molar-refractivity contribution in [3.8, 4) is 5.75 Å². The van der Waals surface area contributed by atoms with E-state index < -0.39 is 12.6 Å². The fraction of sp³-hybridized carbons (Fsp3) is 0.167. The summed E-state index contributed by atoms with van der Waals surface area (Å²) in [6, 6.07) is 11.6.